The van der Waals surface area contributed by atoms with Crippen LogP contribution in [0.15, 0.2) is 4.94 Å². The summed E-state index contributed by atoms with van der Waals surface area (Å²) in [4.78, 5) is 2.49. The maximum atomic E-state index is 3.19. The van der Waals surface area contributed by atoms with Gasteiger partial charge in [0.15, 0.2) is 0 Å². The summed E-state index contributed by atoms with van der Waals surface area (Å²) < 4.78 is 3.41. The van der Waals surface area contributed by atoms with Gasteiger partial charge < -0.3 is 0 Å². The summed E-state index contributed by atoms with van der Waals surface area (Å²) in [7, 11) is 0. The zero-order valence-corrected chi connectivity index (χ0v) is 12.5. The van der Waals surface area contributed by atoms with Crippen LogP contribution in [0.2, 0.25) is 0 Å². The zero-order chi connectivity index (χ0) is 8.81. The SMILES string of the molecule is CCCCCCc1c[se]c(=[Se])[se]1. The van der Waals surface area contributed by atoms with Crippen molar-refractivity contribution in [2.75, 3.05) is 0 Å². The Kier molecular flexibility index (Phi) is 6.18. The Morgan fingerprint density at radius 2 is 2.17 bits per heavy atom. The predicted octanol–water partition coefficient (Wildman–Crippen LogP) is 1.62. The Morgan fingerprint density at radius 1 is 1.33 bits per heavy atom. The van der Waals surface area contributed by atoms with Gasteiger partial charge in [-0.3, -0.25) is 0 Å². The van der Waals surface area contributed by atoms with Crippen molar-refractivity contribution in [1.29, 1.82) is 0 Å². The fourth-order valence-corrected chi connectivity index (χ4v) is 7.95. The van der Waals surface area contributed by atoms with Gasteiger partial charge in [-0.1, -0.05) is 0 Å². The third kappa shape index (κ3) is 4.42. The summed E-state index contributed by atoms with van der Waals surface area (Å²) in [6.07, 6.45) is 7.00. The van der Waals surface area contributed by atoms with E-state index >= 15 is 0 Å². The molecule has 1 rings (SSSR count). The molecule has 1 aromatic heterocycles. The van der Waals surface area contributed by atoms with Crippen LogP contribution < -0.4 is 0 Å². The second kappa shape index (κ2) is 6.60. The van der Waals surface area contributed by atoms with Crippen LogP contribution in [0.5, 0.6) is 0 Å². The van der Waals surface area contributed by atoms with E-state index in [0.29, 0.717) is 0 Å². The second-order valence-electron chi connectivity index (χ2n) is 2.86. The summed E-state index contributed by atoms with van der Waals surface area (Å²) in [5.41, 5.74) is 0. The second-order valence-corrected chi connectivity index (χ2v) is 11.9. The Labute approximate surface area is 94.2 Å². The molecule has 0 saturated heterocycles. The van der Waals surface area contributed by atoms with Crippen molar-refractivity contribution in [2.24, 2.45) is 0 Å². The Hall–Kier alpha value is 1.17. The van der Waals surface area contributed by atoms with Gasteiger partial charge in [0.05, 0.1) is 0 Å². The van der Waals surface area contributed by atoms with Gasteiger partial charge in [0.1, 0.15) is 0 Å². The van der Waals surface area contributed by atoms with E-state index in [1.165, 1.54) is 32.1 Å². The van der Waals surface area contributed by atoms with Crippen molar-refractivity contribution in [3.05, 3.63) is 11.2 Å². The van der Waals surface area contributed by atoms with Crippen LogP contribution in [0, 0.1) is 1.81 Å². The third-order valence-electron chi connectivity index (χ3n) is 1.78. The van der Waals surface area contributed by atoms with Crippen LogP contribution in [0.1, 0.15) is 37.0 Å². The standard InChI is InChI=1S/C9H14Se3/c1-2-3-4-5-6-8-7-11-9(10)12-8/h7H,2-6H2,1H3. The molecule has 3 heteroatoms. The average molecular weight is 359 g/mol. The molecule has 0 aromatic carbocycles. The third-order valence-corrected chi connectivity index (χ3v) is 9.27. The van der Waals surface area contributed by atoms with Crippen molar-refractivity contribution in [3.63, 3.8) is 0 Å². The summed E-state index contributed by atoms with van der Waals surface area (Å²) in [6.45, 7) is 2.27. The molecule has 1 aromatic rings. The molecule has 0 aliphatic carbocycles. The van der Waals surface area contributed by atoms with Crippen LogP contribution >= 0.6 is 0 Å². The van der Waals surface area contributed by atoms with E-state index in [9.17, 15) is 0 Å². The molecule has 0 unspecified atom stereocenters. The van der Waals surface area contributed by atoms with Gasteiger partial charge >= 0.3 is 94.8 Å². The average Bonchev–Trinajstić information content (AvgIpc) is 2.45. The van der Waals surface area contributed by atoms with Crippen molar-refractivity contribution < 1.29 is 0 Å². The number of rotatable bonds is 5. The normalized spacial score (nSPS) is 10.4. The molecule has 0 bridgehead atoms. The summed E-state index contributed by atoms with van der Waals surface area (Å²) in [5.74, 6) is 0. The van der Waals surface area contributed by atoms with E-state index in [1.807, 2.05) is 0 Å². The van der Waals surface area contributed by atoms with Crippen molar-refractivity contribution in [3.8, 4) is 0 Å². The molecule has 0 saturated carbocycles. The van der Waals surface area contributed by atoms with Gasteiger partial charge in [-0.25, -0.2) is 0 Å². The predicted molar refractivity (Wildman–Crippen MR) is 57.2 cm³/mol. The number of aryl methyl sites for hydroxylation is 1. The molecule has 0 radical (unpaired) electrons. The molecule has 0 fully saturated rings. The number of unbranched alkanes of at least 4 members (excludes halogenated alkanes) is 3. The van der Waals surface area contributed by atoms with E-state index in [0.717, 1.165) is 29.0 Å². The van der Waals surface area contributed by atoms with Crippen molar-refractivity contribution in [2.45, 2.75) is 39.0 Å². The van der Waals surface area contributed by atoms with E-state index in [-0.39, 0.29) is 0 Å². The molecule has 12 heavy (non-hydrogen) atoms. The maximum absolute atomic E-state index is 3.19. The van der Waals surface area contributed by atoms with Gasteiger partial charge in [0, 0.05) is 0 Å². The van der Waals surface area contributed by atoms with Crippen LogP contribution in [0.4, 0.5) is 0 Å². The fourth-order valence-electron chi connectivity index (χ4n) is 1.10. The van der Waals surface area contributed by atoms with Crippen LogP contribution in [-0.4, -0.2) is 44.6 Å². The Morgan fingerprint density at radius 3 is 2.75 bits per heavy atom. The summed E-state index contributed by atoms with van der Waals surface area (Å²) in [6, 6.07) is 0. The summed E-state index contributed by atoms with van der Waals surface area (Å²) >= 11 is 4.66. The first kappa shape index (κ1) is 11.2. The zero-order valence-electron chi connectivity index (χ0n) is 7.34. The first-order valence-electron chi connectivity index (χ1n) is 4.40. The minimum absolute atomic E-state index is 0.722. The van der Waals surface area contributed by atoms with Crippen LogP contribution in [-0.2, 0) is 6.42 Å². The van der Waals surface area contributed by atoms with Gasteiger partial charge in [-0.2, -0.15) is 0 Å². The molecule has 1 heterocycles. The first-order valence-corrected chi connectivity index (χ1v) is 8.82. The Balaban J connectivity index is 2.20. The molecule has 0 spiro atoms. The molecular weight excluding hydrogens is 345 g/mol. The van der Waals surface area contributed by atoms with E-state index < -0.39 is 0 Å². The molecule has 0 amide bonds. The van der Waals surface area contributed by atoms with Gasteiger partial charge in [0.2, 0.25) is 0 Å². The quantitative estimate of drug-likeness (QED) is 0.554. The molecule has 0 aliphatic rings. The first-order chi connectivity index (χ1) is 5.83. The number of hydrogen-bond donors (Lipinski definition) is 0. The van der Waals surface area contributed by atoms with Gasteiger partial charge in [0.25, 0.3) is 0 Å². The fraction of sp³-hybridized carbons (Fsp3) is 0.667. The van der Waals surface area contributed by atoms with Crippen molar-refractivity contribution in [1.82, 2.24) is 0 Å². The van der Waals surface area contributed by atoms with E-state index in [4.69, 9.17) is 0 Å². The van der Waals surface area contributed by atoms with Crippen molar-refractivity contribution >= 4 is 44.6 Å². The monoisotopic (exact) mass is 362 g/mol. The minimum atomic E-state index is 0.722. The van der Waals surface area contributed by atoms with Crippen LogP contribution in [0.3, 0.4) is 0 Å². The number of hydrogen-bond acceptors (Lipinski definition) is 0. The topological polar surface area (TPSA) is 0 Å². The summed E-state index contributed by atoms with van der Waals surface area (Å²) in [5, 5.41) is 0. The molecule has 0 N–H and O–H groups in total. The van der Waals surface area contributed by atoms with Gasteiger partial charge in [-0.15, -0.1) is 0 Å². The van der Waals surface area contributed by atoms with E-state index in [2.05, 4.69) is 27.4 Å². The molecule has 68 valence electrons. The molecule has 0 aliphatic heterocycles. The molecule has 0 atom stereocenters. The van der Waals surface area contributed by atoms with Crippen LogP contribution in [0.25, 0.3) is 0 Å². The molecule has 0 nitrogen and oxygen atoms in total. The van der Waals surface area contributed by atoms with Gasteiger partial charge in [-0.05, 0) is 0 Å². The Bertz CT molecular complexity index is 259. The van der Waals surface area contributed by atoms with E-state index in [1.54, 1.807) is 6.25 Å². The molecular formula is C9H14Se3.